The van der Waals surface area contributed by atoms with Crippen LogP contribution in [0, 0.1) is 32.1 Å². The quantitative estimate of drug-likeness (QED) is 0.482. The Hall–Kier alpha value is -1.17. The summed E-state index contributed by atoms with van der Waals surface area (Å²) in [6.45, 7) is 2.13. The summed E-state index contributed by atoms with van der Waals surface area (Å²) in [5.74, 6) is 0.428. The first kappa shape index (κ1) is 10.9. The lowest BCUT2D eigenvalue weighted by Gasteiger charge is -1.98. The standard InChI is InChI=1S/C7H7IN4O2/c1-5-10-7(12(13)14)6(8)11(5)4-2-3-9/h2,4H2,1H3. The van der Waals surface area contributed by atoms with Crippen LogP contribution in [-0.2, 0) is 6.54 Å². The Labute approximate surface area is 93.8 Å². The third-order valence-corrected chi connectivity index (χ3v) is 2.76. The molecule has 0 saturated carbocycles. The number of rotatable bonds is 3. The molecule has 74 valence electrons. The van der Waals surface area contributed by atoms with Gasteiger partial charge in [-0.05, 0) is 32.5 Å². The first-order valence-corrected chi connectivity index (χ1v) is 4.89. The number of nitriles is 1. The van der Waals surface area contributed by atoms with Gasteiger partial charge in [-0.15, -0.1) is 0 Å². The van der Waals surface area contributed by atoms with Crippen LogP contribution in [-0.4, -0.2) is 14.5 Å². The maximum Gasteiger partial charge on any atom is 0.395 e. The van der Waals surface area contributed by atoms with Crippen molar-refractivity contribution < 1.29 is 4.92 Å². The molecule has 0 bridgehead atoms. The van der Waals surface area contributed by atoms with E-state index in [9.17, 15) is 10.1 Å². The molecule has 0 atom stereocenters. The lowest BCUT2D eigenvalue weighted by atomic mass is 10.4. The Morgan fingerprint density at radius 3 is 2.86 bits per heavy atom. The Balaban J connectivity index is 3.06. The smallest absolute Gasteiger partial charge is 0.358 e. The molecule has 14 heavy (non-hydrogen) atoms. The first-order valence-electron chi connectivity index (χ1n) is 3.82. The van der Waals surface area contributed by atoms with Crippen molar-refractivity contribution in [2.45, 2.75) is 19.9 Å². The van der Waals surface area contributed by atoms with Gasteiger partial charge in [0.15, 0.2) is 3.70 Å². The van der Waals surface area contributed by atoms with E-state index in [1.165, 1.54) is 0 Å². The SMILES string of the molecule is Cc1nc([N+](=O)[O-])c(I)n1CCC#N. The van der Waals surface area contributed by atoms with Gasteiger partial charge in [-0.25, -0.2) is 0 Å². The number of imidazole rings is 1. The third-order valence-electron chi connectivity index (χ3n) is 1.70. The number of halogens is 1. The van der Waals surface area contributed by atoms with Crippen molar-refractivity contribution in [2.75, 3.05) is 0 Å². The van der Waals surface area contributed by atoms with Crippen molar-refractivity contribution in [3.05, 3.63) is 19.6 Å². The van der Waals surface area contributed by atoms with Crippen molar-refractivity contribution >= 4 is 28.4 Å². The largest absolute Gasteiger partial charge is 0.395 e. The minimum Gasteiger partial charge on any atom is -0.358 e. The molecule has 0 spiro atoms. The second kappa shape index (κ2) is 4.36. The van der Waals surface area contributed by atoms with Gasteiger partial charge >= 0.3 is 5.82 Å². The van der Waals surface area contributed by atoms with Crippen LogP contribution in [0.3, 0.4) is 0 Å². The molecule has 6 nitrogen and oxygen atoms in total. The van der Waals surface area contributed by atoms with Gasteiger partial charge in [0, 0.05) is 13.5 Å². The van der Waals surface area contributed by atoms with Gasteiger partial charge in [0.2, 0.25) is 5.82 Å². The average molecular weight is 306 g/mol. The number of aromatic nitrogens is 2. The molecule has 1 heterocycles. The first-order chi connectivity index (χ1) is 6.57. The van der Waals surface area contributed by atoms with Crippen molar-refractivity contribution in [3.63, 3.8) is 0 Å². The molecule has 1 aromatic heterocycles. The van der Waals surface area contributed by atoms with Crippen molar-refractivity contribution in [2.24, 2.45) is 0 Å². The molecule has 1 aromatic rings. The molecule has 0 aliphatic heterocycles. The van der Waals surface area contributed by atoms with Crippen LogP contribution in [0.25, 0.3) is 0 Å². The topological polar surface area (TPSA) is 84.8 Å². The number of hydrogen-bond acceptors (Lipinski definition) is 4. The van der Waals surface area contributed by atoms with Gasteiger partial charge in [0.1, 0.15) is 0 Å². The molecule has 0 aliphatic carbocycles. The maximum absolute atomic E-state index is 10.5. The predicted octanol–water partition coefficient (Wildman–Crippen LogP) is 1.62. The fourth-order valence-corrected chi connectivity index (χ4v) is 1.97. The van der Waals surface area contributed by atoms with Gasteiger partial charge in [-0.2, -0.15) is 5.26 Å². The van der Waals surface area contributed by atoms with Crippen molar-refractivity contribution in [3.8, 4) is 6.07 Å². The zero-order valence-corrected chi connectivity index (χ0v) is 9.56. The summed E-state index contributed by atoms with van der Waals surface area (Å²) in [7, 11) is 0. The summed E-state index contributed by atoms with van der Waals surface area (Å²) in [6, 6.07) is 1.99. The normalized spacial score (nSPS) is 9.79. The summed E-state index contributed by atoms with van der Waals surface area (Å²) in [4.78, 5) is 13.8. The monoisotopic (exact) mass is 306 g/mol. The summed E-state index contributed by atoms with van der Waals surface area (Å²) >= 11 is 1.87. The molecule has 0 radical (unpaired) electrons. The lowest BCUT2D eigenvalue weighted by Crippen LogP contribution is -2.02. The number of hydrogen-bond donors (Lipinski definition) is 0. The minimum absolute atomic E-state index is 0.138. The highest BCUT2D eigenvalue weighted by molar-refractivity contribution is 14.1. The summed E-state index contributed by atoms with van der Waals surface area (Å²) < 4.78 is 2.14. The van der Waals surface area contributed by atoms with Crippen LogP contribution >= 0.6 is 22.6 Å². The van der Waals surface area contributed by atoms with Gasteiger partial charge in [-0.3, -0.25) is 4.57 Å². The highest BCUT2D eigenvalue weighted by Gasteiger charge is 2.22. The number of nitrogens with zero attached hydrogens (tertiary/aromatic N) is 4. The maximum atomic E-state index is 10.5. The Morgan fingerprint density at radius 2 is 2.43 bits per heavy atom. The van der Waals surface area contributed by atoms with E-state index in [-0.39, 0.29) is 5.82 Å². The second-order valence-electron chi connectivity index (χ2n) is 2.59. The van der Waals surface area contributed by atoms with Crippen LogP contribution in [0.5, 0.6) is 0 Å². The molecule has 0 saturated heterocycles. The molecular weight excluding hydrogens is 299 g/mol. The highest BCUT2D eigenvalue weighted by Crippen LogP contribution is 2.21. The molecule has 0 amide bonds. The van der Waals surface area contributed by atoms with Gasteiger partial charge in [-0.1, -0.05) is 0 Å². The minimum atomic E-state index is -0.516. The zero-order chi connectivity index (χ0) is 10.7. The van der Waals surface area contributed by atoms with E-state index in [0.29, 0.717) is 22.5 Å². The average Bonchev–Trinajstić information content (AvgIpc) is 2.40. The molecule has 0 aromatic carbocycles. The molecule has 0 N–H and O–H groups in total. The van der Waals surface area contributed by atoms with Gasteiger partial charge < -0.3 is 10.1 Å². The molecule has 0 aliphatic rings. The van der Waals surface area contributed by atoms with E-state index in [0.717, 1.165) is 0 Å². The van der Waals surface area contributed by atoms with Crippen LogP contribution in [0.2, 0.25) is 0 Å². The molecular formula is C7H7IN4O2. The van der Waals surface area contributed by atoms with E-state index < -0.39 is 4.92 Å². The summed E-state index contributed by atoms with van der Waals surface area (Å²) in [5, 5.41) is 18.9. The number of aryl methyl sites for hydroxylation is 1. The van der Waals surface area contributed by atoms with E-state index in [1.54, 1.807) is 11.5 Å². The fourth-order valence-electron chi connectivity index (χ4n) is 1.06. The second-order valence-corrected chi connectivity index (χ2v) is 3.61. The highest BCUT2D eigenvalue weighted by atomic mass is 127. The molecule has 0 unspecified atom stereocenters. The van der Waals surface area contributed by atoms with Crippen LogP contribution < -0.4 is 0 Å². The molecule has 0 fully saturated rings. The fraction of sp³-hybridized carbons (Fsp3) is 0.429. The molecule has 7 heteroatoms. The van der Waals surface area contributed by atoms with E-state index in [1.807, 2.05) is 28.7 Å². The van der Waals surface area contributed by atoms with Crippen LogP contribution in [0.4, 0.5) is 5.82 Å². The Kier molecular flexibility index (Phi) is 3.40. The third kappa shape index (κ3) is 2.01. The Morgan fingerprint density at radius 1 is 1.79 bits per heavy atom. The van der Waals surface area contributed by atoms with Gasteiger partial charge in [0.05, 0.1) is 12.5 Å². The van der Waals surface area contributed by atoms with Crippen molar-refractivity contribution in [1.29, 1.82) is 5.26 Å². The number of nitro groups is 1. The van der Waals surface area contributed by atoms with Crippen LogP contribution in [0.1, 0.15) is 12.2 Å². The zero-order valence-electron chi connectivity index (χ0n) is 7.40. The predicted molar refractivity (Wildman–Crippen MR) is 56.6 cm³/mol. The molecule has 1 rings (SSSR count). The van der Waals surface area contributed by atoms with E-state index in [2.05, 4.69) is 4.98 Å². The van der Waals surface area contributed by atoms with Crippen molar-refractivity contribution in [1.82, 2.24) is 9.55 Å². The summed E-state index contributed by atoms with van der Waals surface area (Å²) in [6.07, 6.45) is 0.324. The van der Waals surface area contributed by atoms with Crippen LogP contribution in [0.15, 0.2) is 0 Å². The van der Waals surface area contributed by atoms with E-state index >= 15 is 0 Å². The lowest BCUT2D eigenvalue weighted by molar-refractivity contribution is -0.390. The van der Waals surface area contributed by atoms with E-state index in [4.69, 9.17) is 5.26 Å². The van der Waals surface area contributed by atoms with Gasteiger partial charge in [0.25, 0.3) is 0 Å². The Bertz CT molecular complexity index is 407. The summed E-state index contributed by atoms with van der Waals surface area (Å²) in [5.41, 5.74) is 0.